The fourth-order valence-electron chi connectivity index (χ4n) is 3.89. The topological polar surface area (TPSA) is 13.1 Å². The third kappa shape index (κ3) is 2.29. The second kappa shape index (κ2) is 5.69. The Hall–Kier alpha value is -2.62. The van der Waals surface area contributed by atoms with Gasteiger partial charge in [-0.15, -0.1) is 11.3 Å². The van der Waals surface area contributed by atoms with Crippen LogP contribution in [0.1, 0.15) is 0 Å². The van der Waals surface area contributed by atoms with Gasteiger partial charge in [0, 0.05) is 41.0 Å². The van der Waals surface area contributed by atoms with Crippen molar-refractivity contribution in [1.29, 1.82) is 0 Å². The van der Waals surface area contributed by atoms with Crippen LogP contribution in [0.5, 0.6) is 0 Å². The molecule has 4 aromatic carbocycles. The van der Waals surface area contributed by atoms with E-state index >= 15 is 0 Å². The summed E-state index contributed by atoms with van der Waals surface area (Å²) in [4.78, 5) is 0. The Kier molecular flexibility index (Phi) is 3.25. The molecule has 0 aliphatic rings. The van der Waals surface area contributed by atoms with Crippen LogP contribution in [0, 0.1) is 0 Å². The number of rotatable bonds is 1. The second-order valence-corrected chi connectivity index (χ2v) is 8.73. The molecular weight excluding hydrogens is 416 g/mol. The van der Waals surface area contributed by atoms with Crippen molar-refractivity contribution in [3.63, 3.8) is 0 Å². The van der Waals surface area contributed by atoms with Crippen molar-refractivity contribution in [2.75, 3.05) is 0 Å². The predicted molar refractivity (Wildman–Crippen MR) is 120 cm³/mol. The van der Waals surface area contributed by atoms with E-state index in [-0.39, 0.29) is 0 Å². The first kappa shape index (κ1) is 15.4. The van der Waals surface area contributed by atoms with E-state index in [4.69, 9.17) is 4.42 Å². The summed E-state index contributed by atoms with van der Waals surface area (Å²) in [6.07, 6.45) is 0. The van der Waals surface area contributed by atoms with E-state index in [2.05, 4.69) is 82.7 Å². The van der Waals surface area contributed by atoms with Crippen molar-refractivity contribution in [2.24, 2.45) is 0 Å². The maximum Gasteiger partial charge on any atom is 0.143 e. The molecule has 128 valence electrons. The highest BCUT2D eigenvalue weighted by atomic mass is 79.9. The standard InChI is InChI=1S/C24H13BrOS/c25-15-9-11-22-20(13-15)18-10-8-14(12-23(18)27-22)16-5-3-6-19-17-4-1-2-7-21(17)26-24(16)19/h1-13H. The molecular formula is C24H13BrOS. The largest absolute Gasteiger partial charge is 0.455 e. The van der Waals surface area contributed by atoms with Crippen molar-refractivity contribution in [2.45, 2.75) is 0 Å². The van der Waals surface area contributed by atoms with Crippen molar-refractivity contribution in [3.8, 4) is 11.1 Å². The number of benzene rings is 4. The molecule has 3 heteroatoms. The van der Waals surface area contributed by atoms with Gasteiger partial charge in [-0.3, -0.25) is 0 Å². The van der Waals surface area contributed by atoms with Gasteiger partial charge >= 0.3 is 0 Å². The SMILES string of the molecule is Brc1ccc2sc3cc(-c4cccc5c4oc4ccccc45)ccc3c2c1. The molecule has 0 saturated heterocycles. The summed E-state index contributed by atoms with van der Waals surface area (Å²) < 4.78 is 9.95. The van der Waals surface area contributed by atoms with E-state index in [0.717, 1.165) is 21.2 Å². The Bertz CT molecular complexity index is 1490. The number of thiophene rings is 1. The summed E-state index contributed by atoms with van der Waals surface area (Å²) in [5, 5.41) is 4.94. The molecule has 0 atom stereocenters. The lowest BCUT2D eigenvalue weighted by Crippen LogP contribution is -1.78. The van der Waals surface area contributed by atoms with Crippen molar-refractivity contribution in [1.82, 2.24) is 0 Å². The summed E-state index contributed by atoms with van der Waals surface area (Å²) in [5.41, 5.74) is 4.23. The molecule has 0 spiro atoms. The zero-order chi connectivity index (χ0) is 18.0. The lowest BCUT2D eigenvalue weighted by atomic mass is 10.0. The van der Waals surface area contributed by atoms with E-state index in [1.807, 2.05) is 23.5 Å². The van der Waals surface area contributed by atoms with E-state index in [0.29, 0.717) is 0 Å². The molecule has 0 aliphatic heterocycles. The van der Waals surface area contributed by atoms with Crippen molar-refractivity contribution < 1.29 is 4.42 Å². The Morgan fingerprint density at radius 3 is 2.52 bits per heavy atom. The fourth-order valence-corrected chi connectivity index (χ4v) is 5.38. The third-order valence-electron chi connectivity index (χ3n) is 5.15. The summed E-state index contributed by atoms with van der Waals surface area (Å²) >= 11 is 5.43. The summed E-state index contributed by atoms with van der Waals surface area (Å²) in [7, 11) is 0. The van der Waals surface area contributed by atoms with Gasteiger partial charge in [0.05, 0.1) is 0 Å². The van der Waals surface area contributed by atoms with Crippen LogP contribution in [0.25, 0.3) is 53.2 Å². The Labute approximate surface area is 168 Å². The van der Waals surface area contributed by atoms with Crippen molar-refractivity contribution in [3.05, 3.63) is 83.3 Å². The molecule has 0 aliphatic carbocycles. The highest BCUT2D eigenvalue weighted by Gasteiger charge is 2.13. The van der Waals surface area contributed by atoms with Crippen LogP contribution in [0.15, 0.2) is 87.8 Å². The van der Waals surface area contributed by atoms with Gasteiger partial charge in [-0.2, -0.15) is 0 Å². The average molecular weight is 429 g/mol. The van der Waals surface area contributed by atoms with Gasteiger partial charge in [0.1, 0.15) is 11.2 Å². The molecule has 0 amide bonds. The highest BCUT2D eigenvalue weighted by Crippen LogP contribution is 2.40. The summed E-state index contributed by atoms with van der Waals surface area (Å²) in [5.74, 6) is 0. The minimum Gasteiger partial charge on any atom is -0.455 e. The van der Waals surface area contributed by atoms with Crippen LogP contribution < -0.4 is 0 Å². The first-order valence-electron chi connectivity index (χ1n) is 8.80. The van der Waals surface area contributed by atoms with E-state index in [1.54, 1.807) is 0 Å². The molecule has 0 fully saturated rings. The number of halogens is 1. The van der Waals surface area contributed by atoms with Gasteiger partial charge in [0.15, 0.2) is 0 Å². The highest BCUT2D eigenvalue weighted by molar-refractivity contribution is 9.10. The smallest absolute Gasteiger partial charge is 0.143 e. The number of hydrogen-bond donors (Lipinski definition) is 0. The lowest BCUT2D eigenvalue weighted by molar-refractivity contribution is 0.670. The van der Waals surface area contributed by atoms with Gasteiger partial charge in [-0.25, -0.2) is 0 Å². The summed E-state index contributed by atoms with van der Waals surface area (Å²) in [6.45, 7) is 0. The minimum atomic E-state index is 0.938. The third-order valence-corrected chi connectivity index (χ3v) is 6.78. The first-order chi connectivity index (χ1) is 13.3. The molecule has 0 unspecified atom stereocenters. The Morgan fingerprint density at radius 2 is 1.56 bits per heavy atom. The first-order valence-corrected chi connectivity index (χ1v) is 10.4. The van der Waals surface area contributed by atoms with Crippen LogP contribution in [-0.4, -0.2) is 0 Å². The number of furan rings is 1. The van der Waals surface area contributed by atoms with E-state index in [1.165, 1.54) is 36.5 Å². The van der Waals surface area contributed by atoms with Gasteiger partial charge in [0.25, 0.3) is 0 Å². The van der Waals surface area contributed by atoms with Gasteiger partial charge in [-0.1, -0.05) is 64.5 Å². The van der Waals surface area contributed by atoms with Crippen LogP contribution in [-0.2, 0) is 0 Å². The molecule has 0 N–H and O–H groups in total. The van der Waals surface area contributed by atoms with Crippen LogP contribution >= 0.6 is 27.3 Å². The van der Waals surface area contributed by atoms with Gasteiger partial charge in [0.2, 0.25) is 0 Å². The molecule has 27 heavy (non-hydrogen) atoms. The molecule has 0 bridgehead atoms. The maximum absolute atomic E-state index is 6.22. The summed E-state index contributed by atoms with van der Waals surface area (Å²) in [6, 6.07) is 27.9. The molecule has 2 aromatic heterocycles. The number of hydrogen-bond acceptors (Lipinski definition) is 2. The van der Waals surface area contributed by atoms with Crippen LogP contribution in [0.4, 0.5) is 0 Å². The Morgan fingerprint density at radius 1 is 0.667 bits per heavy atom. The lowest BCUT2D eigenvalue weighted by Gasteiger charge is -2.03. The quantitative estimate of drug-likeness (QED) is 0.256. The zero-order valence-corrected chi connectivity index (χ0v) is 16.6. The predicted octanol–water partition coefficient (Wildman–Crippen LogP) is 8.38. The Balaban J connectivity index is 1.64. The minimum absolute atomic E-state index is 0.938. The monoisotopic (exact) mass is 428 g/mol. The van der Waals surface area contributed by atoms with Crippen LogP contribution in [0.2, 0.25) is 0 Å². The fraction of sp³-hybridized carbons (Fsp3) is 0. The number of fused-ring (bicyclic) bond motifs is 6. The molecule has 1 nitrogen and oxygen atoms in total. The molecule has 2 heterocycles. The number of para-hydroxylation sites is 2. The van der Waals surface area contributed by atoms with Crippen LogP contribution in [0.3, 0.4) is 0 Å². The van der Waals surface area contributed by atoms with E-state index < -0.39 is 0 Å². The molecule has 6 aromatic rings. The molecule has 0 radical (unpaired) electrons. The normalized spacial score (nSPS) is 11.9. The average Bonchev–Trinajstić information content (AvgIpc) is 3.25. The molecule has 0 saturated carbocycles. The zero-order valence-electron chi connectivity index (χ0n) is 14.2. The second-order valence-electron chi connectivity index (χ2n) is 6.73. The van der Waals surface area contributed by atoms with E-state index in [9.17, 15) is 0 Å². The van der Waals surface area contributed by atoms with Crippen molar-refractivity contribution >= 4 is 69.4 Å². The van der Waals surface area contributed by atoms with Gasteiger partial charge < -0.3 is 4.42 Å². The molecule has 6 rings (SSSR count). The van der Waals surface area contributed by atoms with Gasteiger partial charge in [-0.05, 0) is 35.9 Å². The maximum atomic E-state index is 6.22.